The van der Waals surface area contributed by atoms with Gasteiger partial charge in [0.1, 0.15) is 11.5 Å². The van der Waals surface area contributed by atoms with Crippen molar-refractivity contribution in [3.05, 3.63) is 47.8 Å². The molecule has 0 fully saturated rings. The number of benzene rings is 1. The largest absolute Gasteiger partial charge is 0.497 e. The summed E-state index contributed by atoms with van der Waals surface area (Å²) in [5.41, 5.74) is 7.68. The molecule has 0 spiro atoms. The van der Waals surface area contributed by atoms with Crippen molar-refractivity contribution in [2.75, 3.05) is 20.0 Å². The summed E-state index contributed by atoms with van der Waals surface area (Å²) in [7, 11) is 3.19. The SMILES string of the molecule is COc1ccc(OC)c(C(C)NC(=O)Cc2ccc(N)cn2)c1. The fraction of sp³-hybridized carbons (Fsp3) is 0.294. The molecule has 3 N–H and O–H groups in total. The summed E-state index contributed by atoms with van der Waals surface area (Å²) in [5, 5.41) is 2.94. The van der Waals surface area contributed by atoms with Crippen molar-refractivity contribution in [2.24, 2.45) is 0 Å². The van der Waals surface area contributed by atoms with Crippen molar-refractivity contribution in [3.63, 3.8) is 0 Å². The molecule has 0 aliphatic heterocycles. The number of anilines is 1. The van der Waals surface area contributed by atoms with Crippen LogP contribution >= 0.6 is 0 Å². The van der Waals surface area contributed by atoms with Gasteiger partial charge in [0.05, 0.1) is 38.6 Å². The molecule has 1 aromatic heterocycles. The Bertz CT molecular complexity index is 671. The second-order valence-electron chi connectivity index (χ2n) is 5.16. The Morgan fingerprint density at radius 1 is 1.26 bits per heavy atom. The zero-order valence-electron chi connectivity index (χ0n) is 13.5. The normalized spacial score (nSPS) is 11.6. The molecule has 0 saturated heterocycles. The summed E-state index contributed by atoms with van der Waals surface area (Å²) in [5.74, 6) is 1.28. The number of methoxy groups -OCH3 is 2. The predicted octanol–water partition coefficient (Wildman–Crippen LogP) is 2.10. The third-order valence-electron chi connectivity index (χ3n) is 3.47. The van der Waals surface area contributed by atoms with Gasteiger partial charge in [0.15, 0.2) is 0 Å². The van der Waals surface area contributed by atoms with Gasteiger partial charge < -0.3 is 20.5 Å². The zero-order chi connectivity index (χ0) is 16.8. The van der Waals surface area contributed by atoms with Gasteiger partial charge in [0, 0.05) is 11.3 Å². The van der Waals surface area contributed by atoms with Gasteiger partial charge in [0.25, 0.3) is 0 Å². The maximum absolute atomic E-state index is 12.2. The molecule has 2 aromatic rings. The topological polar surface area (TPSA) is 86.5 Å². The number of nitrogen functional groups attached to an aromatic ring is 1. The second-order valence-corrected chi connectivity index (χ2v) is 5.16. The molecule has 1 aromatic carbocycles. The molecule has 0 saturated carbocycles. The molecule has 0 aliphatic carbocycles. The lowest BCUT2D eigenvalue weighted by atomic mass is 10.1. The van der Waals surface area contributed by atoms with E-state index in [4.69, 9.17) is 15.2 Å². The van der Waals surface area contributed by atoms with Crippen LogP contribution in [0.5, 0.6) is 11.5 Å². The van der Waals surface area contributed by atoms with Gasteiger partial charge in [0.2, 0.25) is 5.91 Å². The molecule has 1 unspecified atom stereocenters. The number of amides is 1. The van der Waals surface area contributed by atoms with Gasteiger partial charge in [-0.3, -0.25) is 9.78 Å². The Kier molecular flexibility index (Phi) is 5.41. The average Bonchev–Trinajstić information content (AvgIpc) is 2.56. The number of nitrogens with two attached hydrogens (primary N) is 1. The summed E-state index contributed by atoms with van der Waals surface area (Å²) in [6, 6.07) is 8.73. The molecule has 0 bridgehead atoms. The Hall–Kier alpha value is -2.76. The van der Waals surface area contributed by atoms with E-state index in [1.165, 1.54) is 6.20 Å². The van der Waals surface area contributed by atoms with Crippen molar-refractivity contribution >= 4 is 11.6 Å². The van der Waals surface area contributed by atoms with Crippen LogP contribution in [-0.2, 0) is 11.2 Å². The van der Waals surface area contributed by atoms with Gasteiger partial charge in [-0.15, -0.1) is 0 Å². The molecule has 6 nitrogen and oxygen atoms in total. The van der Waals surface area contributed by atoms with Crippen molar-refractivity contribution in [2.45, 2.75) is 19.4 Å². The highest BCUT2D eigenvalue weighted by molar-refractivity contribution is 5.78. The van der Waals surface area contributed by atoms with Crippen LogP contribution in [-0.4, -0.2) is 25.1 Å². The van der Waals surface area contributed by atoms with Gasteiger partial charge in [-0.2, -0.15) is 0 Å². The van der Waals surface area contributed by atoms with E-state index in [1.54, 1.807) is 26.4 Å². The Morgan fingerprint density at radius 2 is 2.04 bits per heavy atom. The van der Waals surface area contributed by atoms with Crippen molar-refractivity contribution < 1.29 is 14.3 Å². The first-order chi connectivity index (χ1) is 11.0. The molecule has 23 heavy (non-hydrogen) atoms. The van der Waals surface area contributed by atoms with Crippen LogP contribution in [0.2, 0.25) is 0 Å². The number of pyridine rings is 1. The number of hydrogen-bond acceptors (Lipinski definition) is 5. The number of hydrogen-bond donors (Lipinski definition) is 2. The second kappa shape index (κ2) is 7.49. The molecule has 0 aliphatic rings. The van der Waals surface area contributed by atoms with E-state index >= 15 is 0 Å². The first-order valence-electron chi connectivity index (χ1n) is 7.25. The predicted molar refractivity (Wildman–Crippen MR) is 88.5 cm³/mol. The van der Waals surface area contributed by atoms with Crippen molar-refractivity contribution in [1.82, 2.24) is 10.3 Å². The highest BCUT2D eigenvalue weighted by atomic mass is 16.5. The molecule has 1 heterocycles. The van der Waals surface area contributed by atoms with E-state index in [0.29, 0.717) is 22.9 Å². The Balaban J connectivity index is 2.07. The van der Waals surface area contributed by atoms with E-state index < -0.39 is 0 Å². The minimum absolute atomic E-state index is 0.125. The number of nitrogens with zero attached hydrogens (tertiary/aromatic N) is 1. The standard InChI is InChI=1S/C17H21N3O3/c1-11(15-9-14(22-2)6-7-16(15)23-3)20-17(21)8-13-5-4-12(18)10-19-13/h4-7,9-11H,8,18H2,1-3H3,(H,20,21). The lowest BCUT2D eigenvalue weighted by molar-refractivity contribution is -0.121. The molecule has 6 heteroatoms. The third kappa shape index (κ3) is 4.35. The number of nitrogens with one attached hydrogen (secondary N) is 1. The van der Waals surface area contributed by atoms with Crippen LogP contribution in [0.3, 0.4) is 0 Å². The van der Waals surface area contributed by atoms with E-state index in [9.17, 15) is 4.79 Å². The maximum Gasteiger partial charge on any atom is 0.226 e. The first-order valence-corrected chi connectivity index (χ1v) is 7.25. The molecule has 1 atom stereocenters. The van der Waals surface area contributed by atoms with E-state index in [0.717, 1.165) is 5.56 Å². The number of aromatic nitrogens is 1. The van der Waals surface area contributed by atoms with Crippen molar-refractivity contribution in [3.8, 4) is 11.5 Å². The summed E-state index contributed by atoms with van der Waals surface area (Å²) >= 11 is 0. The fourth-order valence-corrected chi connectivity index (χ4v) is 2.25. The van der Waals surface area contributed by atoms with Crippen LogP contribution in [0.1, 0.15) is 24.2 Å². The minimum atomic E-state index is -0.221. The van der Waals surface area contributed by atoms with Gasteiger partial charge in [-0.25, -0.2) is 0 Å². The summed E-state index contributed by atoms with van der Waals surface area (Å²) in [6.45, 7) is 1.89. The average molecular weight is 315 g/mol. The number of carbonyl (C=O) groups excluding carboxylic acids is 1. The van der Waals surface area contributed by atoms with Gasteiger partial charge in [-0.05, 0) is 37.3 Å². The molecular formula is C17H21N3O3. The number of rotatable bonds is 6. The van der Waals surface area contributed by atoms with Crippen LogP contribution in [0.4, 0.5) is 5.69 Å². The van der Waals surface area contributed by atoms with Crippen LogP contribution < -0.4 is 20.5 Å². The summed E-state index contributed by atoms with van der Waals surface area (Å²) < 4.78 is 10.6. The quantitative estimate of drug-likeness (QED) is 0.852. The fourth-order valence-electron chi connectivity index (χ4n) is 2.25. The van der Waals surface area contributed by atoms with Crippen LogP contribution in [0, 0.1) is 0 Å². The van der Waals surface area contributed by atoms with Crippen LogP contribution in [0.15, 0.2) is 36.5 Å². The third-order valence-corrected chi connectivity index (χ3v) is 3.47. The van der Waals surface area contributed by atoms with Crippen LogP contribution in [0.25, 0.3) is 0 Å². The highest BCUT2D eigenvalue weighted by Crippen LogP contribution is 2.29. The lowest BCUT2D eigenvalue weighted by Crippen LogP contribution is -2.28. The Morgan fingerprint density at radius 3 is 2.65 bits per heavy atom. The molecule has 2 rings (SSSR count). The van der Waals surface area contributed by atoms with E-state index in [-0.39, 0.29) is 18.4 Å². The Labute approximate surface area is 135 Å². The summed E-state index contributed by atoms with van der Waals surface area (Å²) in [4.78, 5) is 16.3. The summed E-state index contributed by atoms with van der Waals surface area (Å²) in [6.07, 6.45) is 1.73. The minimum Gasteiger partial charge on any atom is -0.497 e. The van der Waals surface area contributed by atoms with Crippen molar-refractivity contribution in [1.29, 1.82) is 0 Å². The molecule has 1 amide bonds. The molecule has 122 valence electrons. The van der Waals surface area contributed by atoms with Gasteiger partial charge >= 0.3 is 0 Å². The van der Waals surface area contributed by atoms with Gasteiger partial charge in [-0.1, -0.05) is 0 Å². The highest BCUT2D eigenvalue weighted by Gasteiger charge is 2.15. The molecular weight excluding hydrogens is 294 g/mol. The number of ether oxygens (including phenoxy) is 2. The smallest absolute Gasteiger partial charge is 0.226 e. The lowest BCUT2D eigenvalue weighted by Gasteiger charge is -2.18. The molecule has 0 radical (unpaired) electrons. The monoisotopic (exact) mass is 315 g/mol. The van der Waals surface area contributed by atoms with E-state index in [1.807, 2.05) is 25.1 Å². The maximum atomic E-state index is 12.2. The number of carbonyl (C=O) groups is 1. The zero-order valence-corrected chi connectivity index (χ0v) is 13.5. The first kappa shape index (κ1) is 16.6. The van der Waals surface area contributed by atoms with E-state index in [2.05, 4.69) is 10.3 Å².